The molecule has 0 bridgehead atoms. The fraction of sp³-hybridized carbons (Fsp3) is 0.625. The lowest BCUT2D eigenvalue weighted by molar-refractivity contribution is -0.137. The van der Waals surface area contributed by atoms with E-state index in [4.69, 9.17) is 0 Å². The van der Waals surface area contributed by atoms with Gasteiger partial charge in [0.15, 0.2) is 0 Å². The molecular weight excluding hydrogens is 291 g/mol. The van der Waals surface area contributed by atoms with Crippen LogP contribution in [-0.2, 0) is 6.18 Å². The average Bonchev–Trinajstić information content (AvgIpc) is 2.90. The van der Waals surface area contributed by atoms with Crippen LogP contribution in [0.1, 0.15) is 64.0 Å². The maximum Gasteiger partial charge on any atom is 0.416 e. The second-order valence-corrected chi connectivity index (χ2v) is 5.65. The SMILES string of the molecule is CCCCCCC(CC)n1nnc2ccc(C(F)(F)F)cc21. The molecule has 0 amide bonds. The minimum atomic E-state index is -4.34. The van der Waals surface area contributed by atoms with Crippen molar-refractivity contribution in [3.05, 3.63) is 23.8 Å². The van der Waals surface area contributed by atoms with Gasteiger partial charge in [-0.2, -0.15) is 13.2 Å². The molecule has 0 fully saturated rings. The second kappa shape index (κ2) is 7.11. The number of aromatic nitrogens is 3. The van der Waals surface area contributed by atoms with Crippen LogP contribution >= 0.6 is 0 Å². The summed E-state index contributed by atoms with van der Waals surface area (Å²) in [6.45, 7) is 4.19. The van der Waals surface area contributed by atoms with Crippen LogP contribution in [0.3, 0.4) is 0 Å². The van der Waals surface area contributed by atoms with Gasteiger partial charge in [-0.25, -0.2) is 4.68 Å². The van der Waals surface area contributed by atoms with E-state index in [9.17, 15) is 13.2 Å². The van der Waals surface area contributed by atoms with E-state index in [-0.39, 0.29) is 6.04 Å². The molecule has 1 unspecified atom stereocenters. The van der Waals surface area contributed by atoms with Gasteiger partial charge in [-0.3, -0.25) is 0 Å². The Balaban J connectivity index is 2.25. The van der Waals surface area contributed by atoms with E-state index in [1.165, 1.54) is 12.5 Å². The van der Waals surface area contributed by atoms with Crippen molar-refractivity contribution in [3.8, 4) is 0 Å². The average molecular weight is 313 g/mol. The van der Waals surface area contributed by atoms with E-state index in [0.29, 0.717) is 11.0 Å². The van der Waals surface area contributed by atoms with Crippen molar-refractivity contribution in [2.45, 2.75) is 64.6 Å². The highest BCUT2D eigenvalue weighted by atomic mass is 19.4. The Labute approximate surface area is 128 Å². The maximum absolute atomic E-state index is 12.9. The van der Waals surface area contributed by atoms with Crippen molar-refractivity contribution in [1.29, 1.82) is 0 Å². The third kappa shape index (κ3) is 3.78. The van der Waals surface area contributed by atoms with Crippen molar-refractivity contribution in [2.24, 2.45) is 0 Å². The molecule has 1 heterocycles. The van der Waals surface area contributed by atoms with Gasteiger partial charge >= 0.3 is 6.18 Å². The van der Waals surface area contributed by atoms with Gasteiger partial charge in [-0.05, 0) is 31.0 Å². The Hall–Kier alpha value is -1.59. The lowest BCUT2D eigenvalue weighted by Gasteiger charge is -2.16. The molecule has 1 atom stereocenters. The predicted molar refractivity (Wildman–Crippen MR) is 80.6 cm³/mol. The van der Waals surface area contributed by atoms with Gasteiger partial charge in [-0.1, -0.05) is 44.7 Å². The van der Waals surface area contributed by atoms with Crippen LogP contribution in [-0.4, -0.2) is 15.0 Å². The summed E-state index contributed by atoms with van der Waals surface area (Å²) in [6, 6.07) is 3.71. The van der Waals surface area contributed by atoms with Crippen LogP contribution in [0.2, 0.25) is 0 Å². The number of nitrogens with zero attached hydrogens (tertiary/aromatic N) is 3. The van der Waals surface area contributed by atoms with Gasteiger partial charge in [-0.15, -0.1) is 5.10 Å². The second-order valence-electron chi connectivity index (χ2n) is 5.65. The molecule has 1 aromatic carbocycles. The number of benzene rings is 1. The smallest absolute Gasteiger partial charge is 0.242 e. The Bertz CT molecular complexity index is 604. The van der Waals surface area contributed by atoms with E-state index in [1.54, 1.807) is 4.68 Å². The molecule has 0 aliphatic rings. The summed E-state index contributed by atoms with van der Waals surface area (Å²) in [4.78, 5) is 0. The minimum Gasteiger partial charge on any atom is -0.242 e. The Kier molecular flexibility index (Phi) is 5.42. The molecule has 0 saturated heterocycles. The van der Waals surface area contributed by atoms with Crippen molar-refractivity contribution >= 4 is 11.0 Å². The monoisotopic (exact) mass is 313 g/mol. The molecule has 2 aromatic rings. The van der Waals surface area contributed by atoms with Crippen LogP contribution in [0.25, 0.3) is 11.0 Å². The van der Waals surface area contributed by atoms with E-state index in [1.807, 2.05) is 6.92 Å². The summed E-state index contributed by atoms with van der Waals surface area (Å²) in [5, 5.41) is 8.09. The van der Waals surface area contributed by atoms with Crippen LogP contribution in [0.5, 0.6) is 0 Å². The first-order valence-electron chi connectivity index (χ1n) is 7.89. The molecule has 0 aliphatic carbocycles. The summed E-state index contributed by atoms with van der Waals surface area (Å²) in [5.41, 5.74) is 0.335. The van der Waals surface area contributed by atoms with E-state index in [0.717, 1.165) is 44.2 Å². The number of unbranched alkanes of at least 4 members (excludes halogenated alkanes) is 3. The molecule has 0 spiro atoms. The van der Waals surface area contributed by atoms with Gasteiger partial charge in [0.1, 0.15) is 5.52 Å². The third-order valence-corrected chi connectivity index (χ3v) is 4.01. The number of hydrogen-bond donors (Lipinski definition) is 0. The van der Waals surface area contributed by atoms with Gasteiger partial charge in [0.25, 0.3) is 0 Å². The minimum absolute atomic E-state index is 0.102. The first kappa shape index (κ1) is 16.8. The first-order valence-corrected chi connectivity index (χ1v) is 7.89. The van der Waals surface area contributed by atoms with Crippen LogP contribution in [0.15, 0.2) is 18.2 Å². The molecule has 122 valence electrons. The largest absolute Gasteiger partial charge is 0.416 e. The molecule has 2 rings (SSSR count). The Morgan fingerprint density at radius 3 is 2.55 bits per heavy atom. The molecule has 0 N–H and O–H groups in total. The Morgan fingerprint density at radius 2 is 1.91 bits per heavy atom. The van der Waals surface area contributed by atoms with E-state index < -0.39 is 11.7 Å². The van der Waals surface area contributed by atoms with Crippen LogP contribution in [0.4, 0.5) is 13.2 Å². The number of alkyl halides is 3. The fourth-order valence-electron chi connectivity index (χ4n) is 2.69. The summed E-state index contributed by atoms with van der Waals surface area (Å²) < 4.78 is 40.3. The highest BCUT2D eigenvalue weighted by Crippen LogP contribution is 2.32. The van der Waals surface area contributed by atoms with E-state index >= 15 is 0 Å². The lowest BCUT2D eigenvalue weighted by atomic mass is 10.0. The van der Waals surface area contributed by atoms with E-state index in [2.05, 4.69) is 17.2 Å². The zero-order valence-electron chi connectivity index (χ0n) is 13.0. The highest BCUT2D eigenvalue weighted by molar-refractivity contribution is 5.75. The summed E-state index contributed by atoms with van der Waals surface area (Å²) in [7, 11) is 0. The van der Waals surface area contributed by atoms with Crippen LogP contribution in [0, 0.1) is 0 Å². The number of rotatable bonds is 7. The van der Waals surface area contributed by atoms with Crippen molar-refractivity contribution in [3.63, 3.8) is 0 Å². The van der Waals surface area contributed by atoms with Gasteiger partial charge < -0.3 is 0 Å². The number of hydrogen-bond acceptors (Lipinski definition) is 2. The molecule has 3 nitrogen and oxygen atoms in total. The summed E-state index contributed by atoms with van der Waals surface area (Å²) in [6.07, 6.45) is 1.98. The Morgan fingerprint density at radius 1 is 1.14 bits per heavy atom. The quantitative estimate of drug-likeness (QED) is 0.643. The number of halogens is 3. The van der Waals surface area contributed by atoms with Crippen LogP contribution < -0.4 is 0 Å². The van der Waals surface area contributed by atoms with Crippen molar-refractivity contribution < 1.29 is 13.2 Å². The third-order valence-electron chi connectivity index (χ3n) is 4.01. The standard InChI is InChI=1S/C16H22F3N3/c1-3-5-6-7-8-13(4-2)22-15-11-12(16(17,18)19)9-10-14(15)20-21-22/h9-11,13H,3-8H2,1-2H3. The molecule has 0 aliphatic heterocycles. The predicted octanol–water partition coefficient (Wildman–Crippen LogP) is 5.37. The molecule has 0 radical (unpaired) electrons. The highest BCUT2D eigenvalue weighted by Gasteiger charge is 2.31. The number of fused-ring (bicyclic) bond motifs is 1. The van der Waals surface area contributed by atoms with Gasteiger partial charge in [0.05, 0.1) is 17.1 Å². The maximum atomic E-state index is 12.9. The lowest BCUT2D eigenvalue weighted by Crippen LogP contribution is -2.11. The molecule has 0 saturated carbocycles. The van der Waals surface area contributed by atoms with Gasteiger partial charge in [0, 0.05) is 0 Å². The van der Waals surface area contributed by atoms with Crippen molar-refractivity contribution in [1.82, 2.24) is 15.0 Å². The molecule has 22 heavy (non-hydrogen) atoms. The first-order chi connectivity index (χ1) is 10.5. The topological polar surface area (TPSA) is 30.7 Å². The fourth-order valence-corrected chi connectivity index (χ4v) is 2.69. The normalized spacial score (nSPS) is 13.7. The summed E-state index contributed by atoms with van der Waals surface area (Å²) in [5.74, 6) is 0. The zero-order valence-corrected chi connectivity index (χ0v) is 13.0. The van der Waals surface area contributed by atoms with Crippen molar-refractivity contribution in [2.75, 3.05) is 0 Å². The molecule has 6 heteroatoms. The van der Waals surface area contributed by atoms with Gasteiger partial charge in [0.2, 0.25) is 0 Å². The zero-order chi connectivity index (χ0) is 16.2. The molecule has 1 aromatic heterocycles. The molecular formula is C16H22F3N3. The summed E-state index contributed by atoms with van der Waals surface area (Å²) >= 11 is 0.